The summed E-state index contributed by atoms with van der Waals surface area (Å²) in [6.07, 6.45) is 3.90. The number of alkyl halides is 1. The normalized spacial score (nSPS) is 16.5. The van der Waals surface area contributed by atoms with Gasteiger partial charge in [0.25, 0.3) is 0 Å². The lowest BCUT2D eigenvalue weighted by atomic mass is 9.84. The van der Waals surface area contributed by atoms with Crippen LogP contribution in [0.1, 0.15) is 25.7 Å². The molecule has 1 saturated carbocycles. The number of ether oxygens (including phenoxy) is 1. The molecule has 19 heavy (non-hydrogen) atoms. The van der Waals surface area contributed by atoms with Crippen molar-refractivity contribution in [2.75, 3.05) is 20.2 Å². The van der Waals surface area contributed by atoms with E-state index in [0.29, 0.717) is 6.61 Å². The van der Waals surface area contributed by atoms with Crippen LogP contribution in [0.5, 0.6) is 5.75 Å². The smallest absolute Gasteiger partial charge is 0.239 e. The second-order valence-corrected chi connectivity index (χ2v) is 6.58. The Morgan fingerprint density at radius 3 is 2.63 bits per heavy atom. The third-order valence-electron chi connectivity index (χ3n) is 3.53. The third kappa shape index (κ3) is 3.72. The molecule has 1 aromatic carbocycles. The van der Waals surface area contributed by atoms with Crippen LogP contribution in [0.2, 0.25) is 0 Å². The molecule has 1 amide bonds. The van der Waals surface area contributed by atoms with Gasteiger partial charge in [-0.05, 0) is 37.8 Å². The molecule has 1 aromatic rings. The van der Waals surface area contributed by atoms with Gasteiger partial charge in [0.15, 0.2) is 0 Å². The number of para-hydroxylation sites is 1. The number of rotatable bonds is 6. The molecule has 0 unspecified atom stereocenters. The number of nitrogens with zero attached hydrogens (tertiary/aromatic N) is 1. The van der Waals surface area contributed by atoms with Crippen LogP contribution in [0.25, 0.3) is 0 Å². The fraction of sp³-hybridized carbons (Fsp3) is 0.533. The number of carbonyl (C=O) groups is 1. The van der Waals surface area contributed by atoms with Crippen LogP contribution >= 0.6 is 15.9 Å². The predicted molar refractivity (Wildman–Crippen MR) is 79.7 cm³/mol. The zero-order chi connectivity index (χ0) is 13.7. The summed E-state index contributed by atoms with van der Waals surface area (Å²) >= 11 is 3.56. The van der Waals surface area contributed by atoms with Gasteiger partial charge in [0.2, 0.25) is 5.91 Å². The Bertz CT molecular complexity index is 417. The Kier molecular flexibility index (Phi) is 4.86. The maximum Gasteiger partial charge on any atom is 0.239 e. The molecule has 0 aliphatic heterocycles. The van der Waals surface area contributed by atoms with Gasteiger partial charge in [-0.25, -0.2) is 0 Å². The van der Waals surface area contributed by atoms with E-state index in [1.54, 1.807) is 0 Å². The van der Waals surface area contributed by atoms with E-state index in [-0.39, 0.29) is 10.2 Å². The molecule has 1 aliphatic carbocycles. The van der Waals surface area contributed by atoms with Crippen molar-refractivity contribution in [1.29, 1.82) is 0 Å². The first kappa shape index (κ1) is 14.4. The van der Waals surface area contributed by atoms with Crippen molar-refractivity contribution < 1.29 is 9.53 Å². The highest BCUT2D eigenvalue weighted by molar-refractivity contribution is 9.10. The van der Waals surface area contributed by atoms with E-state index in [1.807, 2.05) is 42.3 Å². The van der Waals surface area contributed by atoms with E-state index in [4.69, 9.17) is 4.74 Å². The Hall–Kier alpha value is -1.03. The van der Waals surface area contributed by atoms with Gasteiger partial charge in [-0.15, -0.1) is 0 Å². The van der Waals surface area contributed by atoms with Crippen molar-refractivity contribution in [1.82, 2.24) is 4.90 Å². The number of hydrogen-bond donors (Lipinski definition) is 0. The molecular weight excluding hydrogens is 306 g/mol. The standard InChI is InChI=1S/C15H20BrNO2/c1-17(14(18)15(16)9-5-10-15)11-6-12-19-13-7-3-2-4-8-13/h2-4,7-8H,5-6,9-12H2,1H3. The number of hydrogen-bond acceptors (Lipinski definition) is 2. The maximum atomic E-state index is 12.1. The summed E-state index contributed by atoms with van der Waals surface area (Å²) in [6.45, 7) is 1.37. The van der Waals surface area contributed by atoms with Gasteiger partial charge in [-0.3, -0.25) is 4.79 Å². The van der Waals surface area contributed by atoms with Crippen molar-refractivity contribution in [2.45, 2.75) is 30.0 Å². The lowest BCUT2D eigenvalue weighted by Crippen LogP contribution is -2.48. The Morgan fingerprint density at radius 2 is 2.05 bits per heavy atom. The molecule has 0 radical (unpaired) electrons. The first-order chi connectivity index (χ1) is 9.12. The molecule has 0 spiro atoms. The molecule has 2 rings (SSSR count). The van der Waals surface area contributed by atoms with Gasteiger partial charge in [0.1, 0.15) is 10.1 Å². The molecule has 0 bridgehead atoms. The highest BCUT2D eigenvalue weighted by Gasteiger charge is 2.42. The maximum absolute atomic E-state index is 12.1. The van der Waals surface area contributed by atoms with Crippen LogP contribution in [0.15, 0.2) is 30.3 Å². The molecule has 3 nitrogen and oxygen atoms in total. The van der Waals surface area contributed by atoms with E-state index in [0.717, 1.165) is 38.0 Å². The van der Waals surface area contributed by atoms with Crippen molar-refractivity contribution in [3.05, 3.63) is 30.3 Å². The van der Waals surface area contributed by atoms with Crippen LogP contribution in [-0.2, 0) is 4.79 Å². The monoisotopic (exact) mass is 325 g/mol. The minimum absolute atomic E-state index is 0.207. The molecule has 1 aliphatic rings. The minimum Gasteiger partial charge on any atom is -0.494 e. The average molecular weight is 326 g/mol. The Morgan fingerprint density at radius 1 is 1.37 bits per heavy atom. The van der Waals surface area contributed by atoms with Crippen molar-refractivity contribution in [2.24, 2.45) is 0 Å². The second kappa shape index (κ2) is 6.42. The summed E-state index contributed by atoms with van der Waals surface area (Å²) in [5.41, 5.74) is 0. The highest BCUT2D eigenvalue weighted by atomic mass is 79.9. The molecule has 0 N–H and O–H groups in total. The van der Waals surface area contributed by atoms with Crippen molar-refractivity contribution in [3.63, 3.8) is 0 Å². The van der Waals surface area contributed by atoms with Gasteiger partial charge >= 0.3 is 0 Å². The number of benzene rings is 1. The summed E-state index contributed by atoms with van der Waals surface area (Å²) in [7, 11) is 1.87. The third-order valence-corrected chi connectivity index (χ3v) is 4.66. The summed E-state index contributed by atoms with van der Waals surface area (Å²) < 4.78 is 5.34. The minimum atomic E-state index is -0.276. The molecule has 0 saturated heterocycles. The van der Waals surface area contributed by atoms with E-state index in [1.165, 1.54) is 0 Å². The molecule has 4 heteroatoms. The quantitative estimate of drug-likeness (QED) is 0.593. The largest absolute Gasteiger partial charge is 0.494 e. The zero-order valence-electron chi connectivity index (χ0n) is 11.3. The Balaban J connectivity index is 1.67. The number of halogens is 1. The van der Waals surface area contributed by atoms with E-state index in [9.17, 15) is 4.79 Å². The molecule has 1 fully saturated rings. The zero-order valence-corrected chi connectivity index (χ0v) is 12.9. The second-order valence-electron chi connectivity index (χ2n) is 5.06. The van der Waals surface area contributed by atoms with Gasteiger partial charge in [-0.2, -0.15) is 0 Å². The van der Waals surface area contributed by atoms with Gasteiger partial charge in [0.05, 0.1) is 6.61 Å². The van der Waals surface area contributed by atoms with Crippen molar-refractivity contribution >= 4 is 21.8 Å². The lowest BCUT2D eigenvalue weighted by Gasteiger charge is -2.37. The number of carbonyl (C=O) groups excluding carboxylic acids is 1. The molecule has 104 valence electrons. The van der Waals surface area contributed by atoms with E-state index < -0.39 is 0 Å². The van der Waals surface area contributed by atoms with Crippen LogP contribution in [0.3, 0.4) is 0 Å². The topological polar surface area (TPSA) is 29.5 Å². The fourth-order valence-electron chi connectivity index (χ4n) is 2.15. The van der Waals surface area contributed by atoms with E-state index in [2.05, 4.69) is 15.9 Å². The van der Waals surface area contributed by atoms with E-state index >= 15 is 0 Å². The first-order valence-electron chi connectivity index (χ1n) is 6.74. The van der Waals surface area contributed by atoms with Gasteiger partial charge < -0.3 is 9.64 Å². The Labute approximate surface area is 123 Å². The van der Waals surface area contributed by atoms with Crippen LogP contribution in [0.4, 0.5) is 0 Å². The summed E-state index contributed by atoms with van der Waals surface area (Å²) in [4.78, 5) is 14.0. The van der Waals surface area contributed by atoms with Crippen LogP contribution in [0, 0.1) is 0 Å². The van der Waals surface area contributed by atoms with Gasteiger partial charge in [-0.1, -0.05) is 34.1 Å². The first-order valence-corrected chi connectivity index (χ1v) is 7.53. The fourth-order valence-corrected chi connectivity index (χ4v) is 3.02. The SMILES string of the molecule is CN(CCCOc1ccccc1)C(=O)C1(Br)CCC1. The summed E-state index contributed by atoms with van der Waals surface area (Å²) in [5, 5.41) is 0. The predicted octanol–water partition coefficient (Wildman–Crippen LogP) is 3.23. The van der Waals surface area contributed by atoms with Gasteiger partial charge in [0, 0.05) is 13.6 Å². The molecule has 0 atom stereocenters. The molecule has 0 aromatic heterocycles. The van der Waals surface area contributed by atoms with Crippen molar-refractivity contribution in [3.8, 4) is 5.75 Å². The number of amides is 1. The lowest BCUT2D eigenvalue weighted by molar-refractivity contribution is -0.134. The van der Waals surface area contributed by atoms with Crippen LogP contribution < -0.4 is 4.74 Å². The molecular formula is C15H20BrNO2. The highest BCUT2D eigenvalue weighted by Crippen LogP contribution is 2.41. The molecule has 0 heterocycles. The van der Waals surface area contributed by atoms with Crippen LogP contribution in [-0.4, -0.2) is 35.3 Å². The summed E-state index contributed by atoms with van der Waals surface area (Å²) in [5.74, 6) is 1.09. The average Bonchev–Trinajstić information content (AvgIpc) is 2.41. The summed E-state index contributed by atoms with van der Waals surface area (Å²) in [6, 6.07) is 9.76.